The van der Waals surface area contributed by atoms with Crippen LogP contribution in [0.2, 0.25) is 0 Å². The summed E-state index contributed by atoms with van der Waals surface area (Å²) < 4.78 is 26.7. The van der Waals surface area contributed by atoms with Crippen molar-refractivity contribution in [3.05, 3.63) is 34.9 Å². The van der Waals surface area contributed by atoms with Gasteiger partial charge in [-0.05, 0) is 25.0 Å². The predicted octanol–water partition coefficient (Wildman–Crippen LogP) is 1.20. The van der Waals surface area contributed by atoms with Gasteiger partial charge in [0.25, 0.3) is 10.2 Å². The Balaban J connectivity index is 2.79. The third-order valence-electron chi connectivity index (χ3n) is 2.43. The van der Waals surface area contributed by atoms with Crippen molar-refractivity contribution in [1.82, 2.24) is 9.03 Å². The molecule has 0 radical (unpaired) electrons. The van der Waals surface area contributed by atoms with Crippen LogP contribution in [-0.4, -0.2) is 26.8 Å². The summed E-state index contributed by atoms with van der Waals surface area (Å²) in [5.74, 6) is 0. The second kappa shape index (κ2) is 4.95. The lowest BCUT2D eigenvalue weighted by atomic mass is 10.1. The molecule has 4 nitrogen and oxygen atoms in total. The minimum atomic E-state index is -3.34. The molecule has 0 heterocycles. The summed E-state index contributed by atoms with van der Waals surface area (Å²) in [5, 5.41) is 0. The normalized spacial score (nSPS) is 12.1. The van der Waals surface area contributed by atoms with Gasteiger partial charge in [-0.2, -0.15) is 17.4 Å². The molecule has 0 saturated carbocycles. The molecule has 0 spiro atoms. The smallest absolute Gasteiger partial charge is 0.198 e. The first-order chi connectivity index (χ1) is 7.33. The molecule has 0 amide bonds. The standard InChI is InChI=1S/C11H18N2O2S/c1-9-5-6-10(2)11(7-9)8-12-16(14,15)13(3)4/h5-7,12H,8H2,1-4H3. The maximum Gasteiger partial charge on any atom is 0.279 e. The van der Waals surface area contributed by atoms with Crippen molar-refractivity contribution in [2.75, 3.05) is 14.1 Å². The van der Waals surface area contributed by atoms with E-state index in [4.69, 9.17) is 0 Å². The van der Waals surface area contributed by atoms with Crippen LogP contribution in [0.3, 0.4) is 0 Å². The molecule has 0 fully saturated rings. The molecule has 90 valence electrons. The molecule has 0 atom stereocenters. The van der Waals surface area contributed by atoms with Gasteiger partial charge in [0, 0.05) is 20.6 Å². The van der Waals surface area contributed by atoms with Crippen LogP contribution in [0.25, 0.3) is 0 Å². The molecule has 0 unspecified atom stereocenters. The zero-order chi connectivity index (χ0) is 12.3. The molecule has 0 aliphatic rings. The van der Waals surface area contributed by atoms with Gasteiger partial charge >= 0.3 is 0 Å². The lowest BCUT2D eigenvalue weighted by Gasteiger charge is -2.13. The van der Waals surface area contributed by atoms with Gasteiger partial charge in [-0.3, -0.25) is 0 Å². The molecule has 0 bridgehead atoms. The molecular formula is C11H18N2O2S. The monoisotopic (exact) mass is 242 g/mol. The molecule has 0 aliphatic carbocycles. The Hall–Kier alpha value is -0.910. The van der Waals surface area contributed by atoms with Crippen LogP contribution in [-0.2, 0) is 16.8 Å². The largest absolute Gasteiger partial charge is 0.279 e. The lowest BCUT2D eigenvalue weighted by molar-refractivity contribution is 0.505. The van der Waals surface area contributed by atoms with E-state index in [0.29, 0.717) is 6.54 Å². The summed E-state index contributed by atoms with van der Waals surface area (Å²) in [5.41, 5.74) is 3.22. The van der Waals surface area contributed by atoms with Gasteiger partial charge in [0.05, 0.1) is 0 Å². The van der Waals surface area contributed by atoms with Crippen LogP contribution in [0.4, 0.5) is 0 Å². The van der Waals surface area contributed by atoms with Crippen molar-refractivity contribution in [2.45, 2.75) is 20.4 Å². The highest BCUT2D eigenvalue weighted by Crippen LogP contribution is 2.10. The van der Waals surface area contributed by atoms with Gasteiger partial charge in [0.2, 0.25) is 0 Å². The molecular weight excluding hydrogens is 224 g/mol. The number of nitrogens with zero attached hydrogens (tertiary/aromatic N) is 1. The highest BCUT2D eigenvalue weighted by molar-refractivity contribution is 7.87. The van der Waals surface area contributed by atoms with Crippen LogP contribution >= 0.6 is 0 Å². The fraction of sp³-hybridized carbons (Fsp3) is 0.455. The Bertz CT molecular complexity index is 467. The quantitative estimate of drug-likeness (QED) is 0.862. The van der Waals surface area contributed by atoms with Crippen LogP contribution in [0.1, 0.15) is 16.7 Å². The Morgan fingerprint density at radius 2 is 1.88 bits per heavy atom. The summed E-state index contributed by atoms with van der Waals surface area (Å²) in [6.45, 7) is 4.29. The molecule has 1 rings (SSSR count). The van der Waals surface area contributed by atoms with Crippen LogP contribution in [0.15, 0.2) is 18.2 Å². The topological polar surface area (TPSA) is 49.4 Å². The van der Waals surface area contributed by atoms with E-state index in [-0.39, 0.29) is 0 Å². The Morgan fingerprint density at radius 1 is 1.25 bits per heavy atom. The van der Waals surface area contributed by atoms with Gasteiger partial charge in [-0.15, -0.1) is 0 Å². The van der Waals surface area contributed by atoms with Gasteiger partial charge in [0.1, 0.15) is 0 Å². The highest BCUT2D eigenvalue weighted by atomic mass is 32.2. The zero-order valence-corrected chi connectivity index (χ0v) is 10.9. The summed E-state index contributed by atoms with van der Waals surface area (Å²) in [6.07, 6.45) is 0. The summed E-state index contributed by atoms with van der Waals surface area (Å²) in [7, 11) is -0.332. The average molecular weight is 242 g/mol. The first-order valence-corrected chi connectivity index (χ1v) is 6.50. The van der Waals surface area contributed by atoms with Crippen LogP contribution in [0, 0.1) is 13.8 Å². The molecule has 0 saturated heterocycles. The van der Waals surface area contributed by atoms with Gasteiger partial charge in [-0.1, -0.05) is 23.8 Å². The van der Waals surface area contributed by atoms with E-state index in [1.807, 2.05) is 32.0 Å². The van der Waals surface area contributed by atoms with Crippen LogP contribution in [0.5, 0.6) is 0 Å². The predicted molar refractivity (Wildman–Crippen MR) is 65.4 cm³/mol. The third kappa shape index (κ3) is 3.30. The second-order valence-corrected chi connectivity index (χ2v) is 6.01. The van der Waals surface area contributed by atoms with Crippen LogP contribution < -0.4 is 4.72 Å². The number of aryl methyl sites for hydroxylation is 2. The second-order valence-electron chi connectivity index (χ2n) is 4.04. The molecule has 0 aromatic heterocycles. The summed E-state index contributed by atoms with van der Waals surface area (Å²) in [6, 6.07) is 6.00. The first-order valence-electron chi connectivity index (χ1n) is 5.06. The molecule has 16 heavy (non-hydrogen) atoms. The molecule has 1 aromatic carbocycles. The van der Waals surface area contributed by atoms with E-state index in [9.17, 15) is 8.42 Å². The van der Waals surface area contributed by atoms with Gasteiger partial charge in [0.15, 0.2) is 0 Å². The van der Waals surface area contributed by atoms with Crippen molar-refractivity contribution in [3.63, 3.8) is 0 Å². The number of hydrogen-bond acceptors (Lipinski definition) is 2. The minimum Gasteiger partial charge on any atom is -0.198 e. The van der Waals surface area contributed by atoms with E-state index in [1.54, 1.807) is 0 Å². The molecule has 1 aromatic rings. The highest BCUT2D eigenvalue weighted by Gasteiger charge is 2.12. The SMILES string of the molecule is Cc1ccc(C)c(CNS(=O)(=O)N(C)C)c1. The van der Waals surface area contributed by atoms with E-state index in [2.05, 4.69) is 4.72 Å². The van der Waals surface area contributed by atoms with E-state index >= 15 is 0 Å². The fourth-order valence-corrected chi connectivity index (χ4v) is 1.88. The van der Waals surface area contributed by atoms with Gasteiger partial charge < -0.3 is 0 Å². The average Bonchev–Trinajstić information content (AvgIpc) is 2.19. The minimum absolute atomic E-state index is 0.327. The summed E-state index contributed by atoms with van der Waals surface area (Å²) >= 11 is 0. The Kier molecular flexibility index (Phi) is 4.07. The molecule has 1 N–H and O–H groups in total. The molecule has 5 heteroatoms. The fourth-order valence-electron chi connectivity index (χ4n) is 1.29. The number of nitrogens with one attached hydrogen (secondary N) is 1. The van der Waals surface area contributed by atoms with Crippen molar-refractivity contribution in [2.24, 2.45) is 0 Å². The van der Waals surface area contributed by atoms with Crippen molar-refractivity contribution in [3.8, 4) is 0 Å². The van der Waals surface area contributed by atoms with Gasteiger partial charge in [-0.25, -0.2) is 0 Å². The Labute approximate surface area is 97.5 Å². The van der Waals surface area contributed by atoms with Crippen molar-refractivity contribution < 1.29 is 8.42 Å². The van der Waals surface area contributed by atoms with Crippen molar-refractivity contribution in [1.29, 1.82) is 0 Å². The maximum atomic E-state index is 11.5. The summed E-state index contributed by atoms with van der Waals surface area (Å²) in [4.78, 5) is 0. The van der Waals surface area contributed by atoms with Crippen molar-refractivity contribution >= 4 is 10.2 Å². The first kappa shape index (κ1) is 13.2. The number of hydrogen-bond donors (Lipinski definition) is 1. The number of benzene rings is 1. The Morgan fingerprint density at radius 3 is 2.44 bits per heavy atom. The lowest BCUT2D eigenvalue weighted by Crippen LogP contribution is -2.35. The molecule has 0 aliphatic heterocycles. The number of rotatable bonds is 4. The van der Waals surface area contributed by atoms with E-state index in [1.165, 1.54) is 14.1 Å². The maximum absolute atomic E-state index is 11.5. The van der Waals surface area contributed by atoms with E-state index < -0.39 is 10.2 Å². The zero-order valence-electron chi connectivity index (χ0n) is 10.1. The third-order valence-corrected chi connectivity index (χ3v) is 3.90. The van der Waals surface area contributed by atoms with E-state index in [0.717, 1.165) is 21.0 Å².